The largest absolute Gasteiger partial charge is 0.383 e. The van der Waals surface area contributed by atoms with Crippen molar-refractivity contribution in [3.05, 3.63) is 22.8 Å². The van der Waals surface area contributed by atoms with Gasteiger partial charge >= 0.3 is 0 Å². The monoisotopic (exact) mass is 257 g/mol. The van der Waals surface area contributed by atoms with Crippen LogP contribution < -0.4 is 11.1 Å². The van der Waals surface area contributed by atoms with E-state index >= 15 is 0 Å². The lowest BCUT2D eigenvalue weighted by Gasteiger charge is -2.36. The highest BCUT2D eigenvalue weighted by atomic mass is 35.5. The molecule has 2 atom stereocenters. The predicted octanol–water partition coefficient (Wildman–Crippen LogP) is 2.39. The number of nitrogens with two attached hydrogens (primary N) is 1. The molecule has 0 saturated heterocycles. The van der Waals surface area contributed by atoms with Crippen molar-refractivity contribution in [1.82, 2.24) is 10.3 Å². The van der Waals surface area contributed by atoms with E-state index in [-0.39, 0.29) is 11.6 Å². The Morgan fingerprint density at radius 1 is 1.65 bits per heavy atom. The van der Waals surface area contributed by atoms with Gasteiger partial charge < -0.3 is 15.8 Å². The first kappa shape index (κ1) is 14.2. The maximum atomic E-state index is 5.97. The number of nitrogen functional groups attached to an aromatic ring is 1. The van der Waals surface area contributed by atoms with Gasteiger partial charge in [0.1, 0.15) is 5.82 Å². The Morgan fingerprint density at radius 2 is 2.29 bits per heavy atom. The standard InChI is InChI=1S/C12H20ClN3O/c1-5-12(2,17-4)10(15-3)9-6-8(13)7-16-11(9)14/h6-7,10,15H,5H2,1-4H3,(H2,14,16). The number of anilines is 1. The van der Waals surface area contributed by atoms with Crippen LogP contribution in [-0.4, -0.2) is 24.7 Å². The predicted molar refractivity (Wildman–Crippen MR) is 71.2 cm³/mol. The fraction of sp³-hybridized carbons (Fsp3) is 0.583. The first-order valence-corrected chi connectivity index (χ1v) is 5.99. The van der Waals surface area contributed by atoms with Crippen molar-refractivity contribution in [2.45, 2.75) is 31.9 Å². The molecular formula is C12H20ClN3O. The number of nitrogens with zero attached hydrogens (tertiary/aromatic N) is 1. The van der Waals surface area contributed by atoms with Crippen LogP contribution in [-0.2, 0) is 4.74 Å². The summed E-state index contributed by atoms with van der Waals surface area (Å²) in [7, 11) is 3.57. The number of rotatable bonds is 5. The van der Waals surface area contributed by atoms with Crippen LogP contribution in [0.3, 0.4) is 0 Å². The molecule has 0 aliphatic carbocycles. The third-order valence-electron chi connectivity index (χ3n) is 3.29. The number of likely N-dealkylation sites (N-methyl/N-ethyl adjacent to an activating group) is 1. The van der Waals surface area contributed by atoms with Gasteiger partial charge in [0, 0.05) is 18.9 Å². The van der Waals surface area contributed by atoms with Crippen molar-refractivity contribution in [3.8, 4) is 0 Å². The number of nitrogens with one attached hydrogen (secondary N) is 1. The van der Waals surface area contributed by atoms with Crippen LogP contribution in [0.4, 0.5) is 5.82 Å². The highest BCUT2D eigenvalue weighted by Crippen LogP contribution is 2.34. The lowest BCUT2D eigenvalue weighted by atomic mass is 9.88. The van der Waals surface area contributed by atoms with Crippen molar-refractivity contribution in [1.29, 1.82) is 0 Å². The van der Waals surface area contributed by atoms with Gasteiger partial charge in [-0.3, -0.25) is 0 Å². The Kier molecular flexibility index (Phi) is 4.74. The maximum Gasteiger partial charge on any atom is 0.128 e. The Bertz CT molecular complexity index is 380. The first-order valence-electron chi connectivity index (χ1n) is 5.61. The summed E-state index contributed by atoms with van der Waals surface area (Å²) in [5, 5.41) is 3.80. The molecule has 0 aliphatic rings. The van der Waals surface area contributed by atoms with E-state index in [0.29, 0.717) is 10.8 Å². The van der Waals surface area contributed by atoms with Crippen molar-refractivity contribution < 1.29 is 4.74 Å². The summed E-state index contributed by atoms with van der Waals surface area (Å²) in [5.41, 5.74) is 6.42. The lowest BCUT2D eigenvalue weighted by Crippen LogP contribution is -2.41. The van der Waals surface area contributed by atoms with E-state index in [2.05, 4.69) is 17.2 Å². The second kappa shape index (κ2) is 5.67. The topological polar surface area (TPSA) is 60.2 Å². The van der Waals surface area contributed by atoms with Gasteiger partial charge in [-0.15, -0.1) is 0 Å². The summed E-state index contributed by atoms with van der Waals surface area (Å²) in [5.74, 6) is 0.477. The fourth-order valence-electron chi connectivity index (χ4n) is 1.95. The molecule has 1 aromatic heterocycles. The second-order valence-corrected chi connectivity index (χ2v) is 4.66. The SMILES string of the molecule is CCC(C)(OC)C(NC)c1cc(Cl)cnc1N. The normalized spacial score (nSPS) is 16.5. The van der Waals surface area contributed by atoms with Crippen LogP contribution in [0.25, 0.3) is 0 Å². The summed E-state index contributed by atoms with van der Waals surface area (Å²) >= 11 is 5.97. The molecule has 0 amide bonds. The lowest BCUT2D eigenvalue weighted by molar-refractivity contribution is -0.0279. The molecule has 0 bridgehead atoms. The molecule has 0 radical (unpaired) electrons. The number of pyridine rings is 1. The highest BCUT2D eigenvalue weighted by Gasteiger charge is 2.34. The van der Waals surface area contributed by atoms with E-state index in [1.807, 2.05) is 20.0 Å². The van der Waals surface area contributed by atoms with Gasteiger partial charge in [-0.1, -0.05) is 18.5 Å². The van der Waals surface area contributed by atoms with Crippen molar-refractivity contribution in [2.24, 2.45) is 0 Å². The van der Waals surface area contributed by atoms with Crippen LogP contribution in [0.2, 0.25) is 5.02 Å². The zero-order valence-electron chi connectivity index (χ0n) is 10.7. The molecule has 2 unspecified atom stereocenters. The van der Waals surface area contributed by atoms with Gasteiger partial charge in [0.05, 0.1) is 16.7 Å². The van der Waals surface area contributed by atoms with Crippen LogP contribution in [0.5, 0.6) is 0 Å². The van der Waals surface area contributed by atoms with E-state index in [1.165, 1.54) is 0 Å². The number of halogens is 1. The zero-order chi connectivity index (χ0) is 13.1. The number of methoxy groups -OCH3 is 1. The van der Waals surface area contributed by atoms with Crippen LogP contribution in [0.1, 0.15) is 31.9 Å². The maximum absolute atomic E-state index is 5.97. The van der Waals surface area contributed by atoms with E-state index in [9.17, 15) is 0 Å². The smallest absolute Gasteiger partial charge is 0.128 e. The van der Waals surface area contributed by atoms with E-state index in [0.717, 1.165) is 12.0 Å². The minimum atomic E-state index is -0.352. The summed E-state index contributed by atoms with van der Waals surface area (Å²) in [6.07, 6.45) is 2.39. The quantitative estimate of drug-likeness (QED) is 0.850. The highest BCUT2D eigenvalue weighted by molar-refractivity contribution is 6.30. The number of ether oxygens (including phenoxy) is 1. The molecule has 1 aromatic rings. The molecule has 3 N–H and O–H groups in total. The minimum absolute atomic E-state index is 0.0521. The third-order valence-corrected chi connectivity index (χ3v) is 3.50. The summed E-state index contributed by atoms with van der Waals surface area (Å²) in [4.78, 5) is 4.08. The van der Waals surface area contributed by atoms with E-state index in [4.69, 9.17) is 22.1 Å². The molecule has 0 fully saturated rings. The van der Waals surface area contributed by atoms with E-state index in [1.54, 1.807) is 13.3 Å². The number of hydrogen-bond donors (Lipinski definition) is 2. The molecule has 0 spiro atoms. The molecule has 0 aromatic carbocycles. The zero-order valence-corrected chi connectivity index (χ0v) is 11.5. The average molecular weight is 258 g/mol. The Morgan fingerprint density at radius 3 is 2.76 bits per heavy atom. The molecule has 96 valence electrons. The molecule has 4 nitrogen and oxygen atoms in total. The summed E-state index contributed by atoms with van der Waals surface area (Å²) in [6, 6.07) is 1.78. The molecule has 1 rings (SSSR count). The third kappa shape index (κ3) is 2.89. The first-order chi connectivity index (χ1) is 7.98. The van der Waals surface area contributed by atoms with Crippen molar-refractivity contribution in [3.63, 3.8) is 0 Å². The second-order valence-electron chi connectivity index (χ2n) is 4.22. The molecule has 1 heterocycles. The van der Waals surface area contributed by atoms with Gasteiger partial charge in [-0.2, -0.15) is 0 Å². The van der Waals surface area contributed by atoms with Gasteiger partial charge in [0.15, 0.2) is 0 Å². The van der Waals surface area contributed by atoms with Gasteiger partial charge in [0.2, 0.25) is 0 Å². The molecule has 5 heteroatoms. The van der Waals surface area contributed by atoms with Crippen molar-refractivity contribution >= 4 is 17.4 Å². The number of hydrogen-bond acceptors (Lipinski definition) is 4. The van der Waals surface area contributed by atoms with Crippen LogP contribution in [0.15, 0.2) is 12.3 Å². The van der Waals surface area contributed by atoms with Crippen LogP contribution in [0, 0.1) is 0 Å². The van der Waals surface area contributed by atoms with Crippen molar-refractivity contribution in [2.75, 3.05) is 19.9 Å². The fourth-order valence-corrected chi connectivity index (χ4v) is 2.12. The van der Waals surface area contributed by atoms with Gasteiger partial charge in [-0.25, -0.2) is 4.98 Å². The number of aromatic nitrogens is 1. The Balaban J connectivity index is 3.21. The van der Waals surface area contributed by atoms with E-state index < -0.39 is 0 Å². The molecule has 0 aliphatic heterocycles. The summed E-state index contributed by atoms with van der Waals surface area (Å²) in [6.45, 7) is 4.11. The van der Waals surface area contributed by atoms with Gasteiger partial charge in [0.25, 0.3) is 0 Å². The molecule has 17 heavy (non-hydrogen) atoms. The Hall–Kier alpha value is -0.840. The molecular weight excluding hydrogens is 238 g/mol. The van der Waals surface area contributed by atoms with Gasteiger partial charge in [-0.05, 0) is 26.5 Å². The minimum Gasteiger partial charge on any atom is -0.383 e. The molecule has 0 saturated carbocycles. The summed E-state index contributed by atoms with van der Waals surface area (Å²) < 4.78 is 5.60. The Labute approximate surface area is 108 Å². The van der Waals surface area contributed by atoms with Crippen LogP contribution >= 0.6 is 11.6 Å². The average Bonchev–Trinajstić information content (AvgIpc) is 2.34.